The molecular formula is C10H20ClNO2S. The Morgan fingerprint density at radius 1 is 1.33 bits per heavy atom. The third-order valence-corrected chi connectivity index (χ3v) is 4.95. The van der Waals surface area contributed by atoms with Crippen LogP contribution >= 0.6 is 11.6 Å². The summed E-state index contributed by atoms with van der Waals surface area (Å²) in [6.45, 7) is 1.96. The molecule has 0 aromatic rings. The van der Waals surface area contributed by atoms with E-state index in [2.05, 4.69) is 4.72 Å². The van der Waals surface area contributed by atoms with Crippen LogP contribution in [0.3, 0.4) is 0 Å². The molecule has 1 atom stereocenters. The molecule has 0 aromatic heterocycles. The molecule has 0 bridgehead atoms. The molecule has 0 saturated heterocycles. The van der Waals surface area contributed by atoms with E-state index in [1.807, 2.05) is 6.92 Å². The summed E-state index contributed by atoms with van der Waals surface area (Å²) in [4.78, 5) is 0. The molecule has 0 heterocycles. The third kappa shape index (κ3) is 4.70. The molecule has 15 heavy (non-hydrogen) atoms. The van der Waals surface area contributed by atoms with Crippen molar-refractivity contribution in [2.75, 3.05) is 11.6 Å². The number of alkyl halides is 1. The van der Waals surface area contributed by atoms with E-state index in [0.717, 1.165) is 12.8 Å². The molecule has 1 unspecified atom stereocenters. The number of hydrogen-bond donors (Lipinski definition) is 1. The second-order valence-corrected chi connectivity index (χ2v) is 6.56. The lowest BCUT2D eigenvalue weighted by atomic mass is 9.85. The van der Waals surface area contributed by atoms with Gasteiger partial charge in [0, 0.05) is 11.9 Å². The molecule has 0 aromatic carbocycles. The number of hydrogen-bond acceptors (Lipinski definition) is 2. The summed E-state index contributed by atoms with van der Waals surface area (Å²) in [5.74, 6) is 0.682. The Morgan fingerprint density at radius 3 is 2.47 bits per heavy atom. The van der Waals surface area contributed by atoms with Crippen molar-refractivity contribution in [3.8, 4) is 0 Å². The van der Waals surface area contributed by atoms with Crippen LogP contribution in [0.2, 0.25) is 0 Å². The quantitative estimate of drug-likeness (QED) is 0.763. The molecule has 1 aliphatic carbocycles. The SMILES string of the molecule is CC(NS(=O)(=O)CCCl)C1CCCCC1. The van der Waals surface area contributed by atoms with E-state index in [4.69, 9.17) is 11.6 Å². The van der Waals surface area contributed by atoms with E-state index in [1.54, 1.807) is 0 Å². The van der Waals surface area contributed by atoms with Crippen molar-refractivity contribution < 1.29 is 8.42 Å². The van der Waals surface area contributed by atoms with E-state index < -0.39 is 10.0 Å². The van der Waals surface area contributed by atoms with Gasteiger partial charge in [0.1, 0.15) is 0 Å². The molecule has 1 N–H and O–H groups in total. The van der Waals surface area contributed by atoms with E-state index in [0.29, 0.717) is 5.92 Å². The minimum absolute atomic E-state index is 0.0195. The fourth-order valence-corrected chi connectivity index (χ4v) is 3.86. The lowest BCUT2D eigenvalue weighted by Gasteiger charge is -2.27. The van der Waals surface area contributed by atoms with Gasteiger partial charge in [-0.1, -0.05) is 19.3 Å². The molecule has 90 valence electrons. The van der Waals surface area contributed by atoms with Gasteiger partial charge in [0.2, 0.25) is 10.0 Å². The Hall–Kier alpha value is 0.200. The first-order valence-electron chi connectivity index (χ1n) is 5.61. The Bertz CT molecular complexity index is 273. The summed E-state index contributed by atoms with van der Waals surface area (Å²) >= 11 is 5.44. The Kier molecular flexibility index (Phi) is 5.36. The standard InChI is InChI=1S/C10H20ClNO2S/c1-9(10-5-3-2-4-6-10)12-15(13,14)8-7-11/h9-10,12H,2-8H2,1H3. The zero-order valence-corrected chi connectivity index (χ0v) is 10.8. The van der Waals surface area contributed by atoms with Gasteiger partial charge in [-0.2, -0.15) is 0 Å². The van der Waals surface area contributed by atoms with Crippen molar-refractivity contribution in [1.29, 1.82) is 0 Å². The van der Waals surface area contributed by atoms with Gasteiger partial charge in [-0.3, -0.25) is 0 Å². The average molecular weight is 254 g/mol. The van der Waals surface area contributed by atoms with Crippen LogP contribution in [0.15, 0.2) is 0 Å². The summed E-state index contributed by atoms with van der Waals surface area (Å²) in [7, 11) is -3.16. The second kappa shape index (κ2) is 6.06. The molecule has 1 rings (SSSR count). The monoisotopic (exact) mass is 253 g/mol. The summed E-state index contributed by atoms with van der Waals surface area (Å²) < 4.78 is 25.7. The van der Waals surface area contributed by atoms with Gasteiger partial charge in [-0.25, -0.2) is 13.1 Å². The highest BCUT2D eigenvalue weighted by Crippen LogP contribution is 2.26. The average Bonchev–Trinajstić information content (AvgIpc) is 2.18. The highest BCUT2D eigenvalue weighted by Gasteiger charge is 2.23. The maximum absolute atomic E-state index is 11.5. The highest BCUT2D eigenvalue weighted by atomic mass is 35.5. The lowest BCUT2D eigenvalue weighted by molar-refractivity contribution is 0.303. The Morgan fingerprint density at radius 2 is 1.93 bits per heavy atom. The van der Waals surface area contributed by atoms with Crippen LogP contribution in [0.25, 0.3) is 0 Å². The number of nitrogens with one attached hydrogen (secondary N) is 1. The maximum Gasteiger partial charge on any atom is 0.213 e. The van der Waals surface area contributed by atoms with Gasteiger partial charge in [0.15, 0.2) is 0 Å². The zero-order chi connectivity index (χ0) is 11.3. The van der Waals surface area contributed by atoms with Crippen molar-refractivity contribution in [3.05, 3.63) is 0 Å². The molecule has 5 heteroatoms. The zero-order valence-electron chi connectivity index (χ0n) is 9.21. The summed E-state index contributed by atoms with van der Waals surface area (Å²) in [5, 5.41) is 0. The van der Waals surface area contributed by atoms with E-state index >= 15 is 0 Å². The van der Waals surface area contributed by atoms with E-state index in [9.17, 15) is 8.42 Å². The minimum Gasteiger partial charge on any atom is -0.212 e. The lowest BCUT2D eigenvalue weighted by Crippen LogP contribution is -2.40. The van der Waals surface area contributed by atoms with Crippen molar-refractivity contribution in [3.63, 3.8) is 0 Å². The number of rotatable bonds is 5. The van der Waals surface area contributed by atoms with Crippen molar-refractivity contribution in [2.45, 2.75) is 45.1 Å². The minimum atomic E-state index is -3.16. The topological polar surface area (TPSA) is 46.2 Å². The van der Waals surface area contributed by atoms with Crippen LogP contribution in [-0.2, 0) is 10.0 Å². The van der Waals surface area contributed by atoms with Gasteiger partial charge < -0.3 is 0 Å². The second-order valence-electron chi connectivity index (χ2n) is 4.31. The predicted molar refractivity (Wildman–Crippen MR) is 63.7 cm³/mol. The van der Waals surface area contributed by atoms with Crippen molar-refractivity contribution in [2.24, 2.45) is 5.92 Å². The molecule has 3 nitrogen and oxygen atoms in total. The van der Waals surface area contributed by atoms with Gasteiger partial charge in [-0.15, -0.1) is 11.6 Å². The molecule has 0 radical (unpaired) electrons. The molecule has 0 amide bonds. The van der Waals surface area contributed by atoms with Gasteiger partial charge in [-0.05, 0) is 25.7 Å². The Labute approximate surface area is 97.6 Å². The first kappa shape index (κ1) is 13.3. The molecule has 0 aliphatic heterocycles. The van der Waals surface area contributed by atoms with E-state index in [-0.39, 0.29) is 17.7 Å². The summed E-state index contributed by atoms with van der Waals surface area (Å²) in [6.07, 6.45) is 6.03. The van der Waals surface area contributed by atoms with Crippen LogP contribution in [0.4, 0.5) is 0 Å². The van der Waals surface area contributed by atoms with Gasteiger partial charge >= 0.3 is 0 Å². The Balaban J connectivity index is 2.43. The third-order valence-electron chi connectivity index (χ3n) is 3.07. The molecule has 1 aliphatic rings. The first-order valence-corrected chi connectivity index (χ1v) is 7.80. The normalized spacial score (nSPS) is 21.5. The van der Waals surface area contributed by atoms with E-state index in [1.165, 1.54) is 19.3 Å². The van der Waals surface area contributed by atoms with Gasteiger partial charge in [0.05, 0.1) is 5.75 Å². The summed E-state index contributed by atoms with van der Waals surface area (Å²) in [5.41, 5.74) is 0. The van der Waals surface area contributed by atoms with Crippen LogP contribution in [0, 0.1) is 5.92 Å². The molecule has 1 saturated carbocycles. The predicted octanol–water partition coefficient (Wildman–Crippen LogP) is 2.11. The maximum atomic E-state index is 11.5. The number of halogens is 1. The number of sulfonamides is 1. The van der Waals surface area contributed by atoms with Crippen LogP contribution in [0.5, 0.6) is 0 Å². The van der Waals surface area contributed by atoms with Crippen molar-refractivity contribution >= 4 is 21.6 Å². The van der Waals surface area contributed by atoms with Crippen LogP contribution < -0.4 is 4.72 Å². The molecule has 1 fully saturated rings. The smallest absolute Gasteiger partial charge is 0.212 e. The molecular weight excluding hydrogens is 234 g/mol. The largest absolute Gasteiger partial charge is 0.213 e. The van der Waals surface area contributed by atoms with Gasteiger partial charge in [0.25, 0.3) is 0 Å². The first-order chi connectivity index (χ1) is 7.05. The highest BCUT2D eigenvalue weighted by molar-refractivity contribution is 7.89. The van der Waals surface area contributed by atoms with Crippen molar-refractivity contribution in [1.82, 2.24) is 4.72 Å². The van der Waals surface area contributed by atoms with Crippen LogP contribution in [0.1, 0.15) is 39.0 Å². The fraction of sp³-hybridized carbons (Fsp3) is 1.00. The molecule has 0 spiro atoms. The fourth-order valence-electron chi connectivity index (χ4n) is 2.17. The van der Waals surface area contributed by atoms with Crippen LogP contribution in [-0.4, -0.2) is 26.1 Å². The summed E-state index contributed by atoms with van der Waals surface area (Å²) in [6, 6.07) is 0.0542.